The van der Waals surface area contributed by atoms with Crippen molar-refractivity contribution >= 4 is 20.6 Å². The quantitative estimate of drug-likeness (QED) is 0.862. The van der Waals surface area contributed by atoms with E-state index >= 15 is 0 Å². The van der Waals surface area contributed by atoms with Crippen molar-refractivity contribution < 1.29 is 13.5 Å². The van der Waals surface area contributed by atoms with Crippen molar-refractivity contribution in [2.45, 2.75) is 11.0 Å². The van der Waals surface area contributed by atoms with Crippen molar-refractivity contribution in [1.29, 1.82) is 0 Å². The van der Waals surface area contributed by atoms with Crippen molar-refractivity contribution in [3.8, 4) is 0 Å². The van der Waals surface area contributed by atoms with E-state index in [-0.39, 0.29) is 17.2 Å². The zero-order valence-electron chi connectivity index (χ0n) is 9.78. The molecule has 1 atom stereocenters. The van der Waals surface area contributed by atoms with Gasteiger partial charge in [0.2, 0.25) is 0 Å². The molecule has 0 saturated carbocycles. The summed E-state index contributed by atoms with van der Waals surface area (Å²) in [7, 11) is -3.49. The van der Waals surface area contributed by atoms with Crippen LogP contribution < -0.4 is 5.73 Å². The molecule has 1 unspecified atom stereocenters. The van der Waals surface area contributed by atoms with Crippen LogP contribution in [-0.2, 0) is 9.84 Å². The normalized spacial score (nSPS) is 13.7. The van der Waals surface area contributed by atoms with Gasteiger partial charge in [0, 0.05) is 6.54 Å². The van der Waals surface area contributed by atoms with Gasteiger partial charge < -0.3 is 10.8 Å². The molecule has 18 heavy (non-hydrogen) atoms. The number of nitrogens with two attached hydrogens (primary N) is 1. The predicted octanol–water partition coefficient (Wildman–Crippen LogP) is 0.933. The fourth-order valence-electron chi connectivity index (χ4n) is 1.78. The molecule has 0 radical (unpaired) electrons. The topological polar surface area (TPSA) is 80.4 Å². The molecule has 2 rings (SSSR count). The maximum Gasteiger partial charge on any atom is 0.180 e. The zero-order valence-corrected chi connectivity index (χ0v) is 10.6. The van der Waals surface area contributed by atoms with Gasteiger partial charge in [0.25, 0.3) is 0 Å². The third-order valence-electron chi connectivity index (χ3n) is 2.76. The van der Waals surface area contributed by atoms with Crippen LogP contribution in [0, 0.1) is 0 Å². The molecule has 96 valence electrons. The summed E-state index contributed by atoms with van der Waals surface area (Å²) in [5, 5.41) is 11.2. The minimum atomic E-state index is -3.49. The maximum absolute atomic E-state index is 12.0. The van der Waals surface area contributed by atoms with Crippen molar-refractivity contribution in [2.24, 2.45) is 5.73 Å². The molecule has 0 aliphatic heterocycles. The first-order chi connectivity index (χ1) is 8.53. The van der Waals surface area contributed by atoms with Gasteiger partial charge in [0.15, 0.2) is 9.84 Å². The highest BCUT2D eigenvalue weighted by atomic mass is 32.2. The number of hydrogen-bond donors (Lipinski definition) is 2. The Bertz CT molecular complexity index is 652. The molecule has 0 aliphatic rings. The summed E-state index contributed by atoms with van der Waals surface area (Å²) in [4.78, 5) is 0.216. The molecular weight excluding hydrogens is 250 g/mol. The van der Waals surface area contributed by atoms with Crippen LogP contribution in [0.2, 0.25) is 0 Å². The number of rotatable bonds is 4. The molecular formula is C13H15NO3S. The second kappa shape index (κ2) is 5.06. The van der Waals surface area contributed by atoms with Gasteiger partial charge in [-0.1, -0.05) is 30.3 Å². The Balaban J connectivity index is 2.41. The Morgan fingerprint density at radius 3 is 2.44 bits per heavy atom. The number of aliphatic hydroxyl groups is 1. The average molecular weight is 265 g/mol. The van der Waals surface area contributed by atoms with Crippen LogP contribution in [-0.4, -0.2) is 31.9 Å². The second-order valence-corrected chi connectivity index (χ2v) is 6.21. The molecule has 0 amide bonds. The van der Waals surface area contributed by atoms with Gasteiger partial charge in [-0.05, 0) is 22.9 Å². The highest BCUT2D eigenvalue weighted by Crippen LogP contribution is 2.20. The molecule has 3 N–H and O–H groups in total. The van der Waals surface area contributed by atoms with Gasteiger partial charge in [-0.2, -0.15) is 0 Å². The van der Waals surface area contributed by atoms with Crippen LogP contribution in [0.25, 0.3) is 10.8 Å². The molecule has 0 spiro atoms. The van der Waals surface area contributed by atoms with E-state index in [1.54, 1.807) is 18.2 Å². The van der Waals surface area contributed by atoms with Gasteiger partial charge in [-0.3, -0.25) is 0 Å². The minimum absolute atomic E-state index is 0.0627. The highest BCUT2D eigenvalue weighted by Gasteiger charge is 2.19. The first-order valence-corrected chi connectivity index (χ1v) is 7.28. The number of sulfone groups is 1. The minimum Gasteiger partial charge on any atom is -0.391 e. The molecule has 0 aromatic heterocycles. The Hall–Kier alpha value is -1.43. The number of fused-ring (bicyclic) bond motifs is 1. The first kappa shape index (κ1) is 13.0. The highest BCUT2D eigenvalue weighted by molar-refractivity contribution is 7.91. The lowest BCUT2D eigenvalue weighted by atomic mass is 10.1. The summed E-state index contributed by atoms with van der Waals surface area (Å²) in [5.41, 5.74) is 5.23. The van der Waals surface area contributed by atoms with Crippen molar-refractivity contribution in [3.63, 3.8) is 0 Å². The fraction of sp³-hybridized carbons (Fsp3) is 0.231. The molecule has 4 nitrogen and oxygen atoms in total. The lowest BCUT2D eigenvalue weighted by Gasteiger charge is -2.09. The van der Waals surface area contributed by atoms with Gasteiger partial charge >= 0.3 is 0 Å². The van der Waals surface area contributed by atoms with Crippen molar-refractivity contribution in [2.75, 3.05) is 12.3 Å². The van der Waals surface area contributed by atoms with E-state index in [9.17, 15) is 13.5 Å². The van der Waals surface area contributed by atoms with Gasteiger partial charge in [-0.25, -0.2) is 8.42 Å². The van der Waals surface area contributed by atoms with Gasteiger partial charge in [0.05, 0.1) is 16.8 Å². The Kier molecular flexibility index (Phi) is 3.65. The van der Waals surface area contributed by atoms with Crippen LogP contribution in [0.5, 0.6) is 0 Å². The third-order valence-corrected chi connectivity index (χ3v) is 4.56. The molecule has 0 bridgehead atoms. The predicted molar refractivity (Wildman–Crippen MR) is 71.1 cm³/mol. The largest absolute Gasteiger partial charge is 0.391 e. The molecule has 0 aliphatic carbocycles. The zero-order chi connectivity index (χ0) is 13.2. The maximum atomic E-state index is 12.0. The Labute approximate surface area is 106 Å². The van der Waals surface area contributed by atoms with E-state index in [0.717, 1.165) is 10.8 Å². The molecule has 0 fully saturated rings. The van der Waals surface area contributed by atoms with Crippen molar-refractivity contribution in [1.82, 2.24) is 0 Å². The van der Waals surface area contributed by atoms with Crippen LogP contribution in [0.1, 0.15) is 0 Å². The second-order valence-electron chi connectivity index (χ2n) is 4.18. The molecule has 2 aromatic carbocycles. The van der Waals surface area contributed by atoms with Gasteiger partial charge in [-0.15, -0.1) is 0 Å². The van der Waals surface area contributed by atoms with E-state index in [1.165, 1.54) is 0 Å². The smallest absolute Gasteiger partial charge is 0.180 e. The Morgan fingerprint density at radius 1 is 1.11 bits per heavy atom. The molecule has 0 heterocycles. The van der Waals surface area contributed by atoms with Gasteiger partial charge in [0.1, 0.15) is 0 Å². The molecule has 0 saturated heterocycles. The first-order valence-electron chi connectivity index (χ1n) is 5.62. The van der Waals surface area contributed by atoms with E-state index in [0.29, 0.717) is 0 Å². The van der Waals surface area contributed by atoms with E-state index in [4.69, 9.17) is 5.73 Å². The van der Waals surface area contributed by atoms with Crippen LogP contribution in [0.15, 0.2) is 47.4 Å². The van der Waals surface area contributed by atoms with Crippen LogP contribution in [0.3, 0.4) is 0 Å². The van der Waals surface area contributed by atoms with E-state index in [2.05, 4.69) is 0 Å². The number of aliphatic hydroxyl groups excluding tert-OH is 1. The summed E-state index contributed by atoms with van der Waals surface area (Å²) < 4.78 is 24.1. The third kappa shape index (κ3) is 2.69. The Morgan fingerprint density at radius 2 is 1.78 bits per heavy atom. The molecule has 5 heteroatoms. The number of hydrogen-bond acceptors (Lipinski definition) is 4. The summed E-state index contributed by atoms with van der Waals surface area (Å²) in [6.45, 7) is -0.0627. The average Bonchev–Trinajstić information content (AvgIpc) is 2.37. The molecule has 2 aromatic rings. The van der Waals surface area contributed by atoms with Crippen molar-refractivity contribution in [3.05, 3.63) is 42.5 Å². The lowest BCUT2D eigenvalue weighted by molar-refractivity contribution is 0.205. The standard InChI is InChI=1S/C13H15NO3S/c14-8-12(15)9-18(16,17)13-6-5-10-3-1-2-4-11(10)7-13/h1-7,12,15H,8-9,14H2. The van der Waals surface area contributed by atoms with E-state index in [1.807, 2.05) is 24.3 Å². The SMILES string of the molecule is NCC(O)CS(=O)(=O)c1ccc2ccccc2c1. The summed E-state index contributed by atoms with van der Waals surface area (Å²) in [6.07, 6.45) is -1.03. The monoisotopic (exact) mass is 265 g/mol. The van der Waals surface area contributed by atoms with E-state index < -0.39 is 15.9 Å². The summed E-state index contributed by atoms with van der Waals surface area (Å²) >= 11 is 0. The lowest BCUT2D eigenvalue weighted by Crippen LogP contribution is -2.28. The fourth-order valence-corrected chi connectivity index (χ4v) is 3.20. The van der Waals surface area contributed by atoms with Crippen LogP contribution >= 0.6 is 0 Å². The van der Waals surface area contributed by atoms with Crippen LogP contribution in [0.4, 0.5) is 0 Å². The summed E-state index contributed by atoms with van der Waals surface area (Å²) in [6, 6.07) is 12.5. The number of benzene rings is 2. The summed E-state index contributed by atoms with van der Waals surface area (Å²) in [5.74, 6) is -0.345.